The molecule has 1 aromatic heterocycles. The van der Waals surface area contributed by atoms with Gasteiger partial charge in [0.1, 0.15) is 6.67 Å². The molecule has 1 fully saturated rings. The van der Waals surface area contributed by atoms with Gasteiger partial charge in [0.25, 0.3) is 0 Å². The lowest BCUT2D eigenvalue weighted by Crippen LogP contribution is -2.34. The van der Waals surface area contributed by atoms with E-state index in [1.807, 2.05) is 30.4 Å². The SMILES string of the molecule is O=C(NCc1ccccn1)C1CC=C(N2CCC(CF)(c3cc(Cl)cc(Cl)c3)C2)C=C1Cl. The number of hydrogen-bond acceptors (Lipinski definition) is 3. The number of allylic oxidation sites excluding steroid dienone is 2. The summed E-state index contributed by atoms with van der Waals surface area (Å²) < 4.78 is 14.3. The van der Waals surface area contributed by atoms with Crippen molar-refractivity contribution in [3.8, 4) is 0 Å². The normalized spacial score (nSPS) is 23.0. The Balaban J connectivity index is 1.42. The number of amides is 1. The number of pyridine rings is 1. The van der Waals surface area contributed by atoms with E-state index in [4.69, 9.17) is 34.8 Å². The highest BCUT2D eigenvalue weighted by molar-refractivity contribution is 6.34. The van der Waals surface area contributed by atoms with Crippen LogP contribution in [-0.4, -0.2) is 35.6 Å². The van der Waals surface area contributed by atoms with E-state index in [2.05, 4.69) is 15.2 Å². The summed E-state index contributed by atoms with van der Waals surface area (Å²) in [5, 5.41) is 4.37. The minimum Gasteiger partial charge on any atom is -0.371 e. The first-order chi connectivity index (χ1) is 15.4. The van der Waals surface area contributed by atoms with Crippen LogP contribution in [0.5, 0.6) is 0 Å². The lowest BCUT2D eigenvalue weighted by molar-refractivity contribution is -0.123. The van der Waals surface area contributed by atoms with Gasteiger partial charge >= 0.3 is 0 Å². The smallest absolute Gasteiger partial charge is 0.229 e. The zero-order valence-corrected chi connectivity index (χ0v) is 19.6. The summed E-state index contributed by atoms with van der Waals surface area (Å²) in [5.41, 5.74) is 1.83. The maximum absolute atomic E-state index is 14.3. The van der Waals surface area contributed by atoms with Gasteiger partial charge < -0.3 is 10.2 Å². The lowest BCUT2D eigenvalue weighted by atomic mass is 9.81. The van der Waals surface area contributed by atoms with Crippen molar-refractivity contribution in [3.63, 3.8) is 0 Å². The molecular formula is C24H23Cl3FN3O. The average Bonchev–Trinajstić information content (AvgIpc) is 3.23. The Morgan fingerprint density at radius 1 is 1.22 bits per heavy atom. The molecule has 4 nitrogen and oxygen atoms in total. The molecule has 1 amide bonds. The van der Waals surface area contributed by atoms with Crippen LogP contribution >= 0.6 is 34.8 Å². The number of alkyl halides is 1. The molecular weight excluding hydrogens is 472 g/mol. The number of nitrogens with one attached hydrogen (secondary N) is 1. The van der Waals surface area contributed by atoms with Crippen LogP contribution in [0.15, 0.2) is 65.5 Å². The second-order valence-corrected chi connectivity index (χ2v) is 9.54. The van der Waals surface area contributed by atoms with Crippen LogP contribution < -0.4 is 5.32 Å². The molecule has 168 valence electrons. The molecule has 2 atom stereocenters. The lowest BCUT2D eigenvalue weighted by Gasteiger charge is -2.30. The molecule has 0 spiro atoms. The van der Waals surface area contributed by atoms with Gasteiger partial charge in [-0.25, -0.2) is 0 Å². The third-order valence-corrected chi connectivity index (χ3v) is 6.93. The number of carbonyl (C=O) groups is 1. The molecule has 1 N–H and O–H groups in total. The highest BCUT2D eigenvalue weighted by Crippen LogP contribution is 2.40. The number of hydrogen-bond donors (Lipinski definition) is 1. The molecule has 2 aromatic rings. The van der Waals surface area contributed by atoms with E-state index in [0.29, 0.717) is 47.6 Å². The van der Waals surface area contributed by atoms with Crippen LogP contribution in [0, 0.1) is 5.92 Å². The number of nitrogens with zero attached hydrogens (tertiary/aromatic N) is 2. The van der Waals surface area contributed by atoms with Gasteiger partial charge in [0.15, 0.2) is 0 Å². The average molecular weight is 495 g/mol. The van der Waals surface area contributed by atoms with E-state index in [0.717, 1.165) is 17.0 Å². The second-order valence-electron chi connectivity index (χ2n) is 8.23. The molecule has 0 saturated carbocycles. The standard InChI is InChI=1S/C24H23Cl3FN3O/c25-17-9-16(10-18(26)11-17)24(14-28)6-8-31(15-24)20-4-5-21(22(27)12-20)23(32)30-13-19-3-1-2-7-29-19/h1-4,7,9-12,21H,5-6,8,13-15H2,(H,30,32). The fourth-order valence-electron chi connectivity index (χ4n) is 4.28. The summed E-state index contributed by atoms with van der Waals surface area (Å²) >= 11 is 18.8. The van der Waals surface area contributed by atoms with Crippen molar-refractivity contribution < 1.29 is 9.18 Å². The van der Waals surface area contributed by atoms with Gasteiger partial charge in [-0.1, -0.05) is 46.9 Å². The Bertz CT molecular complexity index is 1040. The van der Waals surface area contributed by atoms with Gasteiger partial charge in [0, 0.05) is 45.5 Å². The molecule has 2 aliphatic rings. The quantitative estimate of drug-likeness (QED) is 0.565. The first-order valence-electron chi connectivity index (χ1n) is 10.4. The van der Waals surface area contributed by atoms with Gasteiger partial charge in [-0.2, -0.15) is 0 Å². The van der Waals surface area contributed by atoms with E-state index < -0.39 is 18.0 Å². The van der Waals surface area contributed by atoms with Crippen LogP contribution in [0.1, 0.15) is 24.1 Å². The maximum atomic E-state index is 14.3. The fourth-order valence-corrected chi connectivity index (χ4v) is 5.11. The Hall–Kier alpha value is -2.08. The number of likely N-dealkylation sites (tertiary alicyclic amines) is 1. The van der Waals surface area contributed by atoms with E-state index in [1.54, 1.807) is 24.4 Å². The Morgan fingerprint density at radius 3 is 2.66 bits per heavy atom. The number of benzene rings is 1. The van der Waals surface area contributed by atoms with Gasteiger partial charge in [-0.15, -0.1) is 0 Å². The van der Waals surface area contributed by atoms with Gasteiger partial charge in [0.2, 0.25) is 5.91 Å². The third-order valence-electron chi connectivity index (χ3n) is 6.12. The molecule has 32 heavy (non-hydrogen) atoms. The molecule has 0 radical (unpaired) electrons. The maximum Gasteiger partial charge on any atom is 0.229 e. The van der Waals surface area contributed by atoms with E-state index in [1.165, 1.54) is 0 Å². The highest BCUT2D eigenvalue weighted by atomic mass is 35.5. The predicted octanol–water partition coefficient (Wildman–Crippen LogP) is 5.64. The first kappa shape index (κ1) is 23.1. The Morgan fingerprint density at radius 2 is 2.00 bits per heavy atom. The fraction of sp³-hybridized carbons (Fsp3) is 0.333. The number of carbonyl (C=O) groups excluding carboxylic acids is 1. The molecule has 2 unspecified atom stereocenters. The van der Waals surface area contributed by atoms with E-state index in [-0.39, 0.29) is 5.91 Å². The zero-order chi connectivity index (χ0) is 22.7. The van der Waals surface area contributed by atoms with Gasteiger partial charge in [-0.05, 0) is 54.8 Å². The second kappa shape index (κ2) is 9.82. The van der Waals surface area contributed by atoms with Crippen LogP contribution in [0.3, 0.4) is 0 Å². The highest BCUT2D eigenvalue weighted by Gasteiger charge is 2.41. The van der Waals surface area contributed by atoms with Crippen molar-refractivity contribution in [2.45, 2.75) is 24.8 Å². The van der Waals surface area contributed by atoms with Gasteiger partial charge in [0.05, 0.1) is 18.2 Å². The van der Waals surface area contributed by atoms with Crippen LogP contribution in [0.25, 0.3) is 0 Å². The molecule has 0 bridgehead atoms. The van der Waals surface area contributed by atoms with Crippen LogP contribution in [-0.2, 0) is 16.8 Å². The summed E-state index contributed by atoms with van der Waals surface area (Å²) in [6, 6.07) is 10.8. The molecule has 1 aliphatic heterocycles. The summed E-state index contributed by atoms with van der Waals surface area (Å²) in [5.74, 6) is -0.579. The van der Waals surface area contributed by atoms with Crippen LogP contribution in [0.2, 0.25) is 10.0 Å². The largest absolute Gasteiger partial charge is 0.371 e. The molecule has 4 rings (SSSR count). The summed E-state index contributed by atoms with van der Waals surface area (Å²) in [4.78, 5) is 18.9. The number of aromatic nitrogens is 1. The van der Waals surface area contributed by atoms with Crippen molar-refractivity contribution in [3.05, 3.63) is 86.8 Å². The van der Waals surface area contributed by atoms with Crippen molar-refractivity contribution in [2.75, 3.05) is 19.8 Å². The molecule has 8 heteroatoms. The third kappa shape index (κ3) is 4.95. The first-order valence-corrected chi connectivity index (χ1v) is 11.6. The minimum atomic E-state index is -0.674. The van der Waals surface area contributed by atoms with Crippen molar-refractivity contribution in [1.29, 1.82) is 0 Å². The van der Waals surface area contributed by atoms with Crippen molar-refractivity contribution in [2.24, 2.45) is 5.92 Å². The number of halogens is 4. The molecule has 2 heterocycles. The molecule has 1 aromatic carbocycles. The molecule has 1 aliphatic carbocycles. The summed E-state index contributed by atoms with van der Waals surface area (Å²) in [7, 11) is 0. The predicted molar refractivity (Wildman–Crippen MR) is 127 cm³/mol. The van der Waals surface area contributed by atoms with Crippen LogP contribution in [0.4, 0.5) is 4.39 Å². The minimum absolute atomic E-state index is 0.139. The summed E-state index contributed by atoms with van der Waals surface area (Å²) in [6.45, 7) is 1.01. The summed E-state index contributed by atoms with van der Waals surface area (Å²) in [6.07, 6.45) is 6.62. The van der Waals surface area contributed by atoms with E-state index in [9.17, 15) is 9.18 Å². The Kier molecular flexibility index (Phi) is 7.08. The van der Waals surface area contributed by atoms with Crippen molar-refractivity contribution in [1.82, 2.24) is 15.2 Å². The molecule has 1 saturated heterocycles. The monoisotopic (exact) mass is 493 g/mol. The number of rotatable bonds is 6. The van der Waals surface area contributed by atoms with E-state index >= 15 is 0 Å². The van der Waals surface area contributed by atoms with Gasteiger partial charge in [-0.3, -0.25) is 14.2 Å². The zero-order valence-electron chi connectivity index (χ0n) is 17.3. The van der Waals surface area contributed by atoms with Crippen molar-refractivity contribution >= 4 is 40.7 Å². The Labute approximate surface area is 202 Å². The topological polar surface area (TPSA) is 45.2 Å².